The number of Topliss-reactive ketones (excluding diaryl/α,β-unsaturated/α-hetero) is 1. The topological polar surface area (TPSA) is 46.2 Å². The number of para-hydroxylation sites is 1. The molecule has 4 nitrogen and oxygen atoms in total. The summed E-state index contributed by atoms with van der Waals surface area (Å²) in [5.74, 6) is 0.861. The highest BCUT2D eigenvalue weighted by molar-refractivity contribution is 5.91. The van der Waals surface area contributed by atoms with E-state index in [2.05, 4.69) is 13.8 Å². The summed E-state index contributed by atoms with van der Waals surface area (Å²) >= 11 is 0. The summed E-state index contributed by atoms with van der Waals surface area (Å²) in [7, 11) is 0. The molecule has 0 aliphatic carbocycles. The van der Waals surface area contributed by atoms with Gasteiger partial charge in [-0.1, -0.05) is 12.1 Å². The molecule has 0 amide bonds. The Morgan fingerprint density at radius 3 is 2.05 bits per heavy atom. The molecule has 4 aliphatic heterocycles. The number of benzene rings is 1. The smallest absolute Gasteiger partial charge is 0.243 e. The number of piperidine rings is 2. The van der Waals surface area contributed by atoms with Gasteiger partial charge in [-0.05, 0) is 26.0 Å². The lowest BCUT2D eigenvalue weighted by molar-refractivity contribution is -1.18. The number of carbonyl (C=O) groups is 1. The molecule has 1 aromatic rings. The number of quaternary nitrogens is 2. The number of phenolic OH excluding ortho intramolecular Hbond substituents is 1. The number of ketones is 1. The Hall–Kier alpha value is -1.39. The highest BCUT2D eigenvalue weighted by Gasteiger charge is 2.68. The van der Waals surface area contributed by atoms with Crippen LogP contribution >= 0.6 is 0 Å². The molecule has 0 radical (unpaired) electrons. The van der Waals surface area contributed by atoms with Crippen LogP contribution in [0.5, 0.6) is 5.75 Å². The first-order chi connectivity index (χ1) is 9.43. The van der Waals surface area contributed by atoms with Gasteiger partial charge < -0.3 is 5.11 Å². The predicted molar refractivity (Wildman–Crippen MR) is 73.5 cm³/mol. The van der Waals surface area contributed by atoms with Gasteiger partial charge in [0, 0.05) is 0 Å². The van der Waals surface area contributed by atoms with E-state index in [1.807, 2.05) is 18.2 Å². The molecule has 4 heteroatoms. The van der Waals surface area contributed by atoms with E-state index < -0.39 is 0 Å². The lowest BCUT2D eigenvalue weighted by Gasteiger charge is -2.58. The van der Waals surface area contributed by atoms with E-state index in [1.165, 1.54) is 9.80 Å². The number of rotatable bonds is 1. The zero-order valence-corrected chi connectivity index (χ0v) is 12.1. The number of nitrogens with one attached hydrogen (secondary N) is 2. The summed E-state index contributed by atoms with van der Waals surface area (Å²) in [6.07, 6.45) is 0.283. The maximum atomic E-state index is 12.7. The van der Waals surface area contributed by atoms with Crippen LogP contribution < -0.4 is 9.80 Å². The van der Waals surface area contributed by atoms with Gasteiger partial charge in [-0.15, -0.1) is 0 Å². The number of hydrogen-bond donors (Lipinski definition) is 3. The Morgan fingerprint density at radius 2 is 1.55 bits per heavy atom. The van der Waals surface area contributed by atoms with Crippen molar-refractivity contribution in [2.45, 2.75) is 20.0 Å². The fourth-order valence-electron chi connectivity index (χ4n) is 5.17. The molecule has 0 unspecified atom stereocenters. The van der Waals surface area contributed by atoms with Crippen molar-refractivity contribution in [2.24, 2.45) is 10.8 Å². The summed E-state index contributed by atoms with van der Waals surface area (Å²) in [6, 6.07) is 7.68. The third-order valence-corrected chi connectivity index (χ3v) is 5.63. The van der Waals surface area contributed by atoms with Crippen LogP contribution in [0.4, 0.5) is 0 Å². The van der Waals surface area contributed by atoms with E-state index in [0.717, 1.165) is 31.7 Å². The first-order valence-electron chi connectivity index (χ1n) is 7.45. The van der Waals surface area contributed by atoms with Gasteiger partial charge in [-0.2, -0.15) is 0 Å². The van der Waals surface area contributed by atoms with Crippen LogP contribution in [0.25, 0.3) is 0 Å². The normalized spacial score (nSPS) is 45.9. The van der Waals surface area contributed by atoms with Gasteiger partial charge >= 0.3 is 0 Å². The van der Waals surface area contributed by atoms with Crippen LogP contribution in [0, 0.1) is 10.8 Å². The van der Waals surface area contributed by atoms with Gasteiger partial charge in [0.2, 0.25) is 6.17 Å². The zero-order valence-electron chi connectivity index (χ0n) is 12.1. The molecule has 1 aromatic carbocycles. The number of aromatic hydroxyl groups is 1. The second kappa shape index (κ2) is 3.62. The number of carbonyl (C=O) groups excluding carboxylic acids is 1. The van der Waals surface area contributed by atoms with E-state index in [1.54, 1.807) is 6.07 Å². The molecule has 0 aromatic heterocycles. The van der Waals surface area contributed by atoms with Crippen molar-refractivity contribution in [2.75, 3.05) is 26.2 Å². The van der Waals surface area contributed by atoms with Crippen molar-refractivity contribution in [3.8, 4) is 5.75 Å². The lowest BCUT2D eigenvalue weighted by atomic mass is 9.62. The van der Waals surface area contributed by atoms with Crippen molar-refractivity contribution in [3.05, 3.63) is 29.8 Å². The highest BCUT2D eigenvalue weighted by atomic mass is 16.3. The molecular formula is C16H22N2O2+2. The van der Waals surface area contributed by atoms with Crippen LogP contribution in [-0.2, 0) is 4.79 Å². The Morgan fingerprint density at radius 1 is 1.05 bits per heavy atom. The van der Waals surface area contributed by atoms with E-state index in [-0.39, 0.29) is 17.0 Å². The molecule has 3 N–H and O–H groups in total. The minimum Gasteiger partial charge on any atom is -0.507 e. The van der Waals surface area contributed by atoms with Gasteiger partial charge in [0.05, 0.1) is 0 Å². The molecule has 20 heavy (non-hydrogen) atoms. The molecular weight excluding hydrogens is 252 g/mol. The van der Waals surface area contributed by atoms with Crippen LogP contribution in [0.2, 0.25) is 0 Å². The number of phenols is 1. The van der Waals surface area contributed by atoms with Crippen LogP contribution in [0.1, 0.15) is 25.6 Å². The maximum absolute atomic E-state index is 12.7. The van der Waals surface area contributed by atoms with E-state index in [0.29, 0.717) is 11.5 Å². The van der Waals surface area contributed by atoms with E-state index in [4.69, 9.17) is 0 Å². The first-order valence-corrected chi connectivity index (χ1v) is 7.45. The van der Waals surface area contributed by atoms with E-state index in [9.17, 15) is 9.90 Å². The molecule has 0 atom stereocenters. The summed E-state index contributed by atoms with van der Waals surface area (Å²) in [5.41, 5.74) is 0.698. The van der Waals surface area contributed by atoms with Crippen LogP contribution in [-0.4, -0.2) is 37.1 Å². The number of hydrogen-bond acceptors (Lipinski definition) is 2. The second-order valence-corrected chi connectivity index (χ2v) is 7.47. The summed E-state index contributed by atoms with van der Waals surface area (Å²) < 4.78 is 0. The standard InChI is InChI=1S/C16H20N2O2/c1-15-7-17-9-16(2,14(15)20)10-18(8-15)13(17)11-5-3-4-6-12(11)19/h3-6,13,19H,7-10H2,1-2H3/p+2. The average Bonchev–Trinajstić information content (AvgIpc) is 2.36. The Kier molecular flexibility index (Phi) is 2.24. The quantitative estimate of drug-likeness (QED) is 0.601. The Balaban J connectivity index is 1.78. The van der Waals surface area contributed by atoms with Gasteiger partial charge in [-0.25, -0.2) is 0 Å². The summed E-state index contributed by atoms with van der Waals surface area (Å²) in [5, 5.41) is 10.2. The largest absolute Gasteiger partial charge is 0.507 e. The third kappa shape index (κ3) is 1.41. The van der Waals surface area contributed by atoms with Crippen LogP contribution in [0.3, 0.4) is 0 Å². The van der Waals surface area contributed by atoms with Crippen molar-refractivity contribution in [3.63, 3.8) is 0 Å². The Labute approximate surface area is 119 Å². The molecule has 4 fully saturated rings. The zero-order chi connectivity index (χ0) is 14.1. The van der Waals surface area contributed by atoms with Gasteiger partial charge in [0.1, 0.15) is 48.3 Å². The molecule has 106 valence electrons. The van der Waals surface area contributed by atoms with Gasteiger partial charge in [-0.3, -0.25) is 14.6 Å². The molecule has 4 bridgehead atoms. The van der Waals surface area contributed by atoms with Crippen molar-refractivity contribution >= 4 is 5.78 Å². The fraction of sp³-hybridized carbons (Fsp3) is 0.562. The van der Waals surface area contributed by atoms with Crippen molar-refractivity contribution in [1.29, 1.82) is 0 Å². The van der Waals surface area contributed by atoms with Crippen molar-refractivity contribution < 1.29 is 19.7 Å². The Bertz CT molecular complexity index is 558. The molecule has 5 rings (SSSR count). The van der Waals surface area contributed by atoms with Gasteiger partial charge in [0.15, 0.2) is 5.78 Å². The first kappa shape index (κ1) is 12.4. The van der Waals surface area contributed by atoms with Gasteiger partial charge in [0.25, 0.3) is 0 Å². The SMILES string of the molecule is CC12C[NH+]3CC(C)(C[NH+](C1)C3c1ccccc1O)C2=O. The molecule has 4 heterocycles. The minimum atomic E-state index is -0.170. The summed E-state index contributed by atoms with van der Waals surface area (Å²) in [6.45, 7) is 7.89. The molecule has 4 aliphatic rings. The maximum Gasteiger partial charge on any atom is 0.243 e. The average molecular weight is 274 g/mol. The third-order valence-electron chi connectivity index (χ3n) is 5.63. The van der Waals surface area contributed by atoms with E-state index >= 15 is 0 Å². The fourth-order valence-corrected chi connectivity index (χ4v) is 5.17. The summed E-state index contributed by atoms with van der Waals surface area (Å²) in [4.78, 5) is 15.6. The highest BCUT2D eigenvalue weighted by Crippen LogP contribution is 2.36. The van der Waals surface area contributed by atoms with Crippen LogP contribution in [0.15, 0.2) is 24.3 Å². The minimum absolute atomic E-state index is 0.170. The predicted octanol–water partition coefficient (Wildman–Crippen LogP) is -1.22. The molecule has 4 saturated heterocycles. The van der Waals surface area contributed by atoms with Crippen molar-refractivity contribution in [1.82, 2.24) is 0 Å². The molecule has 0 spiro atoms. The lowest BCUT2D eigenvalue weighted by Crippen LogP contribution is -3.41. The second-order valence-electron chi connectivity index (χ2n) is 7.47. The molecule has 0 saturated carbocycles. The monoisotopic (exact) mass is 274 g/mol.